The number of amides is 2. The topological polar surface area (TPSA) is 102 Å². The van der Waals surface area contributed by atoms with Gasteiger partial charge in [0.1, 0.15) is 18.1 Å². The highest BCUT2D eigenvalue weighted by Gasteiger charge is 2.43. The van der Waals surface area contributed by atoms with Gasteiger partial charge in [-0.3, -0.25) is 14.5 Å². The molecule has 1 atom stereocenters. The summed E-state index contributed by atoms with van der Waals surface area (Å²) in [7, 11) is 1.63. The Bertz CT molecular complexity index is 1280. The molecule has 1 aromatic heterocycles. The summed E-state index contributed by atoms with van der Waals surface area (Å²) in [4.78, 5) is 32.8. The quantitative estimate of drug-likeness (QED) is 0.499. The van der Waals surface area contributed by atoms with Crippen LogP contribution in [0.5, 0.6) is 11.5 Å². The number of rotatable bonds is 5. The first kappa shape index (κ1) is 27.1. The molecule has 0 bridgehead atoms. The maximum absolute atomic E-state index is 13.3. The molecule has 1 spiro atoms. The third-order valence-electron chi connectivity index (χ3n) is 7.08. The van der Waals surface area contributed by atoms with Gasteiger partial charge in [0, 0.05) is 24.0 Å². The largest absolute Gasteiger partial charge is 0.497 e. The Morgan fingerprint density at radius 3 is 2.87 bits per heavy atom. The lowest BCUT2D eigenvalue weighted by Crippen LogP contribution is -2.61. The van der Waals surface area contributed by atoms with E-state index >= 15 is 0 Å². The Morgan fingerprint density at radius 2 is 2.03 bits per heavy atom. The van der Waals surface area contributed by atoms with E-state index in [9.17, 15) is 9.59 Å². The van der Waals surface area contributed by atoms with E-state index in [2.05, 4.69) is 21.7 Å². The Morgan fingerprint density at radius 1 is 1.18 bits per heavy atom. The molecule has 0 radical (unpaired) electrons. The third-order valence-corrected chi connectivity index (χ3v) is 7.83. The van der Waals surface area contributed by atoms with Gasteiger partial charge in [-0.05, 0) is 61.6 Å². The second-order valence-electron chi connectivity index (χ2n) is 9.79. The number of aryl methyl sites for hydroxylation is 1. The van der Waals surface area contributed by atoms with Crippen LogP contribution in [0, 0.1) is 0 Å². The SMILES string of the molecule is COc1ccc(-c2csc(NC(=O)CN3CCOC4(CCCCc5ccccc5OCCNC4=O)C3)n2)cc1. The predicted octanol–water partition coefficient (Wildman–Crippen LogP) is 3.75. The first-order valence-corrected chi connectivity index (χ1v) is 14.2. The maximum atomic E-state index is 13.3. The molecule has 1 saturated heterocycles. The lowest BCUT2D eigenvalue weighted by Gasteiger charge is -2.41. The summed E-state index contributed by atoms with van der Waals surface area (Å²) in [6.45, 7) is 2.26. The zero-order chi connectivity index (χ0) is 27.1. The molecule has 1 fully saturated rings. The highest BCUT2D eigenvalue weighted by atomic mass is 32.1. The number of hydrogen-bond acceptors (Lipinski definition) is 8. The number of thiazole rings is 1. The van der Waals surface area contributed by atoms with Gasteiger partial charge in [-0.1, -0.05) is 18.2 Å². The molecule has 3 aromatic rings. The van der Waals surface area contributed by atoms with Crippen molar-refractivity contribution in [2.45, 2.75) is 31.3 Å². The average Bonchev–Trinajstić information content (AvgIpc) is 3.41. The van der Waals surface area contributed by atoms with Gasteiger partial charge in [0.2, 0.25) is 5.91 Å². The molecule has 206 valence electrons. The number of aromatic nitrogens is 1. The molecule has 2 N–H and O–H groups in total. The summed E-state index contributed by atoms with van der Waals surface area (Å²) >= 11 is 1.38. The summed E-state index contributed by atoms with van der Waals surface area (Å²) in [6.07, 6.45) is 3.22. The molecule has 1 unspecified atom stereocenters. The third kappa shape index (κ3) is 6.76. The number of ether oxygens (including phenoxy) is 3. The number of para-hydroxylation sites is 1. The summed E-state index contributed by atoms with van der Waals surface area (Å²) in [6, 6.07) is 15.7. The van der Waals surface area contributed by atoms with Crippen molar-refractivity contribution in [2.75, 3.05) is 51.8 Å². The summed E-state index contributed by atoms with van der Waals surface area (Å²) < 4.78 is 17.3. The monoisotopic (exact) mass is 550 g/mol. The van der Waals surface area contributed by atoms with Crippen molar-refractivity contribution in [3.63, 3.8) is 0 Å². The highest BCUT2D eigenvalue weighted by Crippen LogP contribution is 2.29. The van der Waals surface area contributed by atoms with Crippen molar-refractivity contribution >= 4 is 28.3 Å². The van der Waals surface area contributed by atoms with Gasteiger partial charge in [0.05, 0.1) is 32.5 Å². The Kier molecular flexibility index (Phi) is 8.75. The molecule has 2 aliphatic rings. The van der Waals surface area contributed by atoms with Crippen molar-refractivity contribution in [1.29, 1.82) is 0 Å². The molecule has 2 aliphatic heterocycles. The van der Waals surface area contributed by atoms with Crippen LogP contribution in [0.3, 0.4) is 0 Å². The molecule has 2 aromatic carbocycles. The van der Waals surface area contributed by atoms with E-state index in [-0.39, 0.29) is 18.4 Å². The molecule has 2 amide bonds. The zero-order valence-electron chi connectivity index (χ0n) is 22.1. The number of nitrogens with zero attached hydrogens (tertiary/aromatic N) is 2. The maximum Gasteiger partial charge on any atom is 0.253 e. The predicted molar refractivity (Wildman–Crippen MR) is 150 cm³/mol. The molecule has 9 nitrogen and oxygen atoms in total. The fourth-order valence-corrected chi connectivity index (χ4v) is 5.78. The second kappa shape index (κ2) is 12.6. The number of methoxy groups -OCH3 is 1. The molecule has 39 heavy (non-hydrogen) atoms. The molecular formula is C29H34N4O5S. The average molecular weight is 551 g/mol. The Hall–Kier alpha value is -3.47. The molecule has 0 saturated carbocycles. The van der Waals surface area contributed by atoms with Crippen molar-refractivity contribution in [3.8, 4) is 22.8 Å². The number of morpholine rings is 1. The minimum Gasteiger partial charge on any atom is -0.497 e. The van der Waals surface area contributed by atoms with Crippen LogP contribution < -0.4 is 20.1 Å². The van der Waals surface area contributed by atoms with E-state index < -0.39 is 5.60 Å². The van der Waals surface area contributed by atoms with Crippen molar-refractivity contribution in [2.24, 2.45) is 0 Å². The smallest absolute Gasteiger partial charge is 0.253 e. The van der Waals surface area contributed by atoms with Crippen LogP contribution in [0.25, 0.3) is 11.3 Å². The minimum atomic E-state index is -0.986. The van der Waals surface area contributed by atoms with Gasteiger partial charge < -0.3 is 24.8 Å². The number of anilines is 1. The Balaban J connectivity index is 1.19. The van der Waals surface area contributed by atoms with Crippen molar-refractivity contribution < 1.29 is 23.8 Å². The minimum absolute atomic E-state index is 0.144. The summed E-state index contributed by atoms with van der Waals surface area (Å²) in [5.41, 5.74) is 1.93. The van der Waals surface area contributed by atoms with Crippen LogP contribution in [0.15, 0.2) is 53.9 Å². The zero-order valence-corrected chi connectivity index (χ0v) is 22.9. The number of nitrogens with one attached hydrogen (secondary N) is 2. The van der Waals surface area contributed by atoms with Crippen LogP contribution in [0.1, 0.15) is 24.8 Å². The molecule has 0 aliphatic carbocycles. The van der Waals surface area contributed by atoms with E-state index in [0.29, 0.717) is 44.4 Å². The first-order chi connectivity index (χ1) is 19.0. The normalized spacial score (nSPS) is 20.6. The summed E-state index contributed by atoms with van der Waals surface area (Å²) in [5.74, 6) is 1.35. The number of carbonyl (C=O) groups is 2. The number of hydrogen-bond donors (Lipinski definition) is 2. The van der Waals surface area contributed by atoms with Gasteiger partial charge in [-0.2, -0.15) is 0 Å². The van der Waals surface area contributed by atoms with Crippen LogP contribution in [0.4, 0.5) is 5.13 Å². The van der Waals surface area contributed by atoms with E-state index in [1.807, 2.05) is 52.7 Å². The van der Waals surface area contributed by atoms with Crippen LogP contribution in [-0.4, -0.2) is 73.8 Å². The van der Waals surface area contributed by atoms with E-state index in [4.69, 9.17) is 14.2 Å². The van der Waals surface area contributed by atoms with Gasteiger partial charge in [-0.15, -0.1) is 11.3 Å². The van der Waals surface area contributed by atoms with Crippen LogP contribution >= 0.6 is 11.3 Å². The fourth-order valence-electron chi connectivity index (χ4n) is 5.04. The van der Waals surface area contributed by atoms with E-state index in [1.165, 1.54) is 16.9 Å². The van der Waals surface area contributed by atoms with E-state index in [1.54, 1.807) is 7.11 Å². The lowest BCUT2D eigenvalue weighted by atomic mass is 9.91. The number of fused-ring (bicyclic) bond motifs is 1. The van der Waals surface area contributed by atoms with Gasteiger partial charge in [-0.25, -0.2) is 4.98 Å². The highest BCUT2D eigenvalue weighted by molar-refractivity contribution is 7.14. The molecule has 10 heteroatoms. The second-order valence-corrected chi connectivity index (χ2v) is 10.6. The van der Waals surface area contributed by atoms with Gasteiger partial charge >= 0.3 is 0 Å². The Labute approximate surface area is 232 Å². The van der Waals surface area contributed by atoms with Crippen LogP contribution in [0.2, 0.25) is 0 Å². The van der Waals surface area contributed by atoms with Gasteiger partial charge in [0.25, 0.3) is 5.91 Å². The van der Waals surface area contributed by atoms with Crippen LogP contribution in [-0.2, 0) is 20.7 Å². The summed E-state index contributed by atoms with van der Waals surface area (Å²) in [5, 5.41) is 8.37. The van der Waals surface area contributed by atoms with Crippen molar-refractivity contribution in [1.82, 2.24) is 15.2 Å². The lowest BCUT2D eigenvalue weighted by molar-refractivity contribution is -0.163. The molecular weight excluding hydrogens is 516 g/mol. The first-order valence-electron chi connectivity index (χ1n) is 13.3. The number of benzene rings is 2. The van der Waals surface area contributed by atoms with E-state index in [0.717, 1.165) is 42.0 Å². The fraction of sp³-hybridized carbons (Fsp3) is 0.414. The van der Waals surface area contributed by atoms with Crippen molar-refractivity contribution in [3.05, 3.63) is 59.5 Å². The van der Waals surface area contributed by atoms with Gasteiger partial charge in [0.15, 0.2) is 10.7 Å². The standard InChI is InChI=1S/C29H34N4O5S/c1-36-23-11-9-21(10-12-23)24-19-39-28(31-24)32-26(34)18-33-15-17-38-29(20-33)13-5-4-7-22-6-2-3-8-25(22)37-16-14-30-27(29)35/h2-3,6,8-12,19H,4-5,7,13-18,20H2,1H3,(H,30,35)(H,31,32,34). The molecule has 3 heterocycles. The molecule has 5 rings (SSSR count). The number of carbonyl (C=O) groups excluding carboxylic acids is 2.